The number of hydrogen-bond donors (Lipinski definition) is 0. The average molecular weight is 402 g/mol. The average Bonchev–Trinajstić information content (AvgIpc) is 3.41. The quantitative estimate of drug-likeness (QED) is 0.570. The molecular formula is C18H15Cl2F2NO3. The fourth-order valence-corrected chi connectivity index (χ4v) is 2.85. The molecule has 1 aromatic carbocycles. The molecule has 0 bridgehead atoms. The molecule has 3 rings (SSSR count). The molecule has 138 valence electrons. The summed E-state index contributed by atoms with van der Waals surface area (Å²) in [4.78, 5) is 16.4. The van der Waals surface area contributed by atoms with Crippen LogP contribution >= 0.6 is 23.2 Å². The van der Waals surface area contributed by atoms with Crippen LogP contribution in [-0.4, -0.2) is 24.0 Å². The Morgan fingerprint density at radius 3 is 2.50 bits per heavy atom. The van der Waals surface area contributed by atoms with Gasteiger partial charge in [-0.1, -0.05) is 23.2 Å². The van der Waals surface area contributed by atoms with Crippen molar-refractivity contribution in [2.75, 3.05) is 6.61 Å². The summed E-state index contributed by atoms with van der Waals surface area (Å²) in [6.07, 6.45) is 4.85. The molecule has 0 N–H and O–H groups in total. The Hall–Kier alpha value is -1.92. The van der Waals surface area contributed by atoms with E-state index in [1.807, 2.05) is 0 Å². The number of hydrogen-bond acceptors (Lipinski definition) is 4. The molecule has 0 radical (unpaired) electrons. The zero-order valence-electron chi connectivity index (χ0n) is 13.6. The predicted octanol–water partition coefficient (Wildman–Crippen LogP) is 5.20. The van der Waals surface area contributed by atoms with E-state index in [1.54, 1.807) is 0 Å². The highest BCUT2D eigenvalue weighted by Gasteiger charge is 2.23. The number of carbonyl (C=O) groups excluding carboxylic acids is 1. The summed E-state index contributed by atoms with van der Waals surface area (Å²) in [5, 5.41) is 0.572. The third-order valence-corrected chi connectivity index (χ3v) is 4.59. The van der Waals surface area contributed by atoms with Crippen LogP contribution in [0.3, 0.4) is 0 Å². The number of ether oxygens (including phenoxy) is 2. The highest BCUT2D eigenvalue weighted by Crippen LogP contribution is 2.34. The molecule has 1 fully saturated rings. The molecular weight excluding hydrogens is 387 g/mol. The number of Topliss-reactive ketones (excluding diaryl/α,β-unsaturated/α-hetero) is 1. The molecule has 2 aromatic rings. The maximum atomic E-state index is 12.6. The molecule has 1 saturated carbocycles. The lowest BCUT2D eigenvalue weighted by Gasteiger charge is -2.13. The van der Waals surface area contributed by atoms with Crippen LogP contribution in [-0.2, 0) is 6.42 Å². The predicted molar refractivity (Wildman–Crippen MR) is 93.6 cm³/mol. The van der Waals surface area contributed by atoms with Gasteiger partial charge in [0.25, 0.3) is 0 Å². The van der Waals surface area contributed by atoms with Crippen LogP contribution in [0.4, 0.5) is 8.78 Å². The summed E-state index contributed by atoms with van der Waals surface area (Å²) >= 11 is 12.1. The number of benzene rings is 1. The first-order valence-electron chi connectivity index (χ1n) is 7.96. The normalized spacial score (nSPS) is 13.7. The Labute approximate surface area is 159 Å². The summed E-state index contributed by atoms with van der Waals surface area (Å²) in [7, 11) is 0. The zero-order chi connectivity index (χ0) is 18.7. The fourth-order valence-electron chi connectivity index (χ4n) is 2.35. The fraction of sp³-hybridized carbons (Fsp3) is 0.333. The van der Waals surface area contributed by atoms with Crippen LogP contribution in [0.2, 0.25) is 10.0 Å². The molecule has 0 amide bonds. The Morgan fingerprint density at radius 2 is 1.88 bits per heavy atom. The molecule has 0 aliphatic heterocycles. The summed E-state index contributed by atoms with van der Waals surface area (Å²) < 4.78 is 35.2. The highest BCUT2D eigenvalue weighted by atomic mass is 35.5. The van der Waals surface area contributed by atoms with Gasteiger partial charge in [-0.05, 0) is 37.0 Å². The van der Waals surface area contributed by atoms with E-state index in [9.17, 15) is 13.6 Å². The van der Waals surface area contributed by atoms with Gasteiger partial charge in [-0.3, -0.25) is 9.78 Å². The molecule has 1 heterocycles. The molecule has 1 aromatic heterocycles. The van der Waals surface area contributed by atoms with Crippen molar-refractivity contribution in [2.45, 2.75) is 25.9 Å². The van der Waals surface area contributed by atoms with Crippen molar-refractivity contribution in [2.24, 2.45) is 5.92 Å². The van der Waals surface area contributed by atoms with Gasteiger partial charge >= 0.3 is 6.61 Å². The lowest BCUT2D eigenvalue weighted by atomic mass is 10.0. The lowest BCUT2D eigenvalue weighted by molar-refractivity contribution is -0.0515. The van der Waals surface area contributed by atoms with Crippen LogP contribution in [0.25, 0.3) is 0 Å². The number of pyridine rings is 1. The summed E-state index contributed by atoms with van der Waals surface area (Å²) in [5.41, 5.74) is 0.753. The first-order chi connectivity index (χ1) is 12.4. The topological polar surface area (TPSA) is 48.4 Å². The van der Waals surface area contributed by atoms with Crippen molar-refractivity contribution in [3.05, 3.63) is 51.8 Å². The molecule has 0 unspecified atom stereocenters. The monoisotopic (exact) mass is 401 g/mol. The lowest BCUT2D eigenvalue weighted by Crippen LogP contribution is -2.09. The maximum absolute atomic E-state index is 12.6. The number of aromatic nitrogens is 1. The largest absolute Gasteiger partial charge is 0.489 e. The van der Waals surface area contributed by atoms with Gasteiger partial charge in [-0.2, -0.15) is 8.78 Å². The number of carbonyl (C=O) groups is 1. The first-order valence-corrected chi connectivity index (χ1v) is 8.72. The number of halogens is 4. The Bertz CT molecular complexity index is 793. The van der Waals surface area contributed by atoms with Crippen LogP contribution < -0.4 is 9.47 Å². The van der Waals surface area contributed by atoms with Crippen molar-refractivity contribution in [1.29, 1.82) is 0 Å². The van der Waals surface area contributed by atoms with Crippen LogP contribution in [0.15, 0.2) is 30.6 Å². The van der Waals surface area contributed by atoms with Crippen molar-refractivity contribution in [3.63, 3.8) is 0 Å². The summed E-state index contributed by atoms with van der Waals surface area (Å²) in [5.74, 6) is 0.162. The second kappa shape index (κ2) is 8.18. The third-order valence-electron chi connectivity index (χ3n) is 3.94. The number of rotatable bonds is 8. The Balaban J connectivity index is 1.81. The van der Waals surface area contributed by atoms with Crippen molar-refractivity contribution < 1.29 is 23.0 Å². The minimum Gasteiger partial charge on any atom is -0.489 e. The number of alkyl halides is 2. The molecule has 1 aliphatic rings. The van der Waals surface area contributed by atoms with Gasteiger partial charge in [0.15, 0.2) is 17.3 Å². The first kappa shape index (κ1) is 18.9. The minimum atomic E-state index is -2.98. The molecule has 0 saturated heterocycles. The second-order valence-corrected chi connectivity index (χ2v) is 6.79. The van der Waals surface area contributed by atoms with Gasteiger partial charge in [0.1, 0.15) is 0 Å². The van der Waals surface area contributed by atoms with E-state index in [1.165, 1.54) is 30.6 Å². The van der Waals surface area contributed by atoms with E-state index in [2.05, 4.69) is 9.72 Å². The van der Waals surface area contributed by atoms with Gasteiger partial charge in [0, 0.05) is 29.9 Å². The van der Waals surface area contributed by atoms with Gasteiger partial charge in [0.2, 0.25) is 0 Å². The van der Waals surface area contributed by atoms with E-state index in [0.717, 1.165) is 12.8 Å². The van der Waals surface area contributed by atoms with Crippen molar-refractivity contribution in [1.82, 2.24) is 4.98 Å². The Morgan fingerprint density at radius 1 is 1.19 bits per heavy atom. The zero-order valence-corrected chi connectivity index (χ0v) is 15.1. The molecule has 4 nitrogen and oxygen atoms in total. The highest BCUT2D eigenvalue weighted by molar-refractivity contribution is 6.36. The van der Waals surface area contributed by atoms with Gasteiger partial charge in [-0.15, -0.1) is 0 Å². The number of ketones is 1. The summed E-state index contributed by atoms with van der Waals surface area (Å²) in [6.45, 7) is -2.58. The van der Waals surface area contributed by atoms with E-state index in [4.69, 9.17) is 27.9 Å². The Kier molecular flexibility index (Phi) is 5.94. The van der Waals surface area contributed by atoms with E-state index < -0.39 is 6.61 Å². The van der Waals surface area contributed by atoms with Crippen LogP contribution in [0.5, 0.6) is 11.5 Å². The molecule has 0 atom stereocenters. The smallest absolute Gasteiger partial charge is 0.387 e. The SMILES string of the molecule is O=C(Cc1c(Cl)cncc1Cl)c1ccc(OC(F)F)c(OCC2CC2)c1. The van der Waals surface area contributed by atoms with Crippen molar-refractivity contribution in [3.8, 4) is 11.5 Å². The maximum Gasteiger partial charge on any atom is 0.387 e. The summed E-state index contributed by atoms with van der Waals surface area (Å²) in [6, 6.07) is 4.12. The molecule has 26 heavy (non-hydrogen) atoms. The standard InChI is InChI=1S/C18H15Cl2F2NO3/c19-13-7-23-8-14(20)12(13)6-15(24)11-3-4-16(26-18(21)22)17(5-11)25-9-10-1-2-10/h3-5,7-8,10,18H,1-2,6,9H2. The second-order valence-electron chi connectivity index (χ2n) is 5.98. The van der Waals surface area contributed by atoms with E-state index >= 15 is 0 Å². The van der Waals surface area contributed by atoms with E-state index in [0.29, 0.717) is 23.7 Å². The van der Waals surface area contributed by atoms with Gasteiger partial charge in [-0.25, -0.2) is 0 Å². The third kappa shape index (κ3) is 4.83. The van der Waals surface area contributed by atoms with Crippen LogP contribution in [0.1, 0.15) is 28.8 Å². The van der Waals surface area contributed by atoms with E-state index in [-0.39, 0.29) is 33.7 Å². The van der Waals surface area contributed by atoms with Gasteiger partial charge < -0.3 is 9.47 Å². The van der Waals surface area contributed by atoms with Gasteiger partial charge in [0.05, 0.1) is 16.7 Å². The molecule has 8 heteroatoms. The number of nitrogens with zero attached hydrogens (tertiary/aromatic N) is 1. The van der Waals surface area contributed by atoms with Crippen molar-refractivity contribution >= 4 is 29.0 Å². The molecule has 1 aliphatic carbocycles. The molecule has 0 spiro atoms. The minimum absolute atomic E-state index is 0.0443. The van der Waals surface area contributed by atoms with Crippen LogP contribution in [0, 0.1) is 5.92 Å².